The number of thiazole rings is 1. The van der Waals surface area contributed by atoms with E-state index in [2.05, 4.69) is 18.1 Å². The Labute approximate surface area is 64.0 Å². The van der Waals surface area contributed by atoms with Crippen LogP contribution in [-0.2, 0) is 0 Å². The summed E-state index contributed by atoms with van der Waals surface area (Å²) >= 11 is 1.55. The molecule has 0 unspecified atom stereocenters. The van der Waals surface area contributed by atoms with Crippen molar-refractivity contribution in [1.82, 2.24) is 4.98 Å². The summed E-state index contributed by atoms with van der Waals surface area (Å²) in [6.07, 6.45) is 1.93. The van der Waals surface area contributed by atoms with Gasteiger partial charge in [0.1, 0.15) is 0 Å². The van der Waals surface area contributed by atoms with Gasteiger partial charge in [-0.1, -0.05) is 18.7 Å². The average molecular weight is 151 g/mol. The molecule has 0 aromatic carbocycles. The second kappa shape index (κ2) is 2.80. The number of hydrogen-bond acceptors (Lipinski definition) is 2. The van der Waals surface area contributed by atoms with Crippen molar-refractivity contribution >= 4 is 24.0 Å². The predicted octanol–water partition coefficient (Wildman–Crippen LogP) is 0.910. The fourth-order valence-corrected chi connectivity index (χ4v) is 1.16. The molecule has 0 aliphatic heterocycles. The predicted molar refractivity (Wildman–Crippen MR) is 46.2 cm³/mol. The fourth-order valence-electron chi connectivity index (χ4n) is 0.630. The molecular formula is C8H9NS. The highest BCUT2D eigenvalue weighted by molar-refractivity contribution is 7.07. The van der Waals surface area contributed by atoms with Crippen LogP contribution in [0.3, 0.4) is 0 Å². The largest absolute Gasteiger partial charge is 0.245 e. The number of aromatic nitrogens is 1. The van der Waals surface area contributed by atoms with Gasteiger partial charge < -0.3 is 0 Å². The molecule has 52 valence electrons. The topological polar surface area (TPSA) is 12.9 Å². The zero-order valence-electron chi connectivity index (χ0n) is 5.92. The van der Waals surface area contributed by atoms with Gasteiger partial charge in [0.15, 0.2) is 0 Å². The molecule has 10 heavy (non-hydrogen) atoms. The standard InChI is InChI=1S/C8H9NS/c1-6(2)4-8-7(3)10-5-9-8/h4-5H,1,3H2,2H3/b8-4+. The van der Waals surface area contributed by atoms with E-state index in [1.54, 1.807) is 16.8 Å². The van der Waals surface area contributed by atoms with Gasteiger partial charge in [-0.15, -0.1) is 11.3 Å². The van der Waals surface area contributed by atoms with Crippen LogP contribution in [0, 0.1) is 0 Å². The SMILES string of the molecule is C=C(C)/C=c1/ncsc1=C. The van der Waals surface area contributed by atoms with Gasteiger partial charge in [0.25, 0.3) is 0 Å². The van der Waals surface area contributed by atoms with Crippen molar-refractivity contribution < 1.29 is 0 Å². The monoisotopic (exact) mass is 151 g/mol. The summed E-state index contributed by atoms with van der Waals surface area (Å²) in [6, 6.07) is 0. The summed E-state index contributed by atoms with van der Waals surface area (Å²) in [5.41, 5.74) is 2.80. The lowest BCUT2D eigenvalue weighted by atomic mass is 10.3. The highest BCUT2D eigenvalue weighted by Crippen LogP contribution is 1.85. The highest BCUT2D eigenvalue weighted by atomic mass is 32.1. The Morgan fingerprint density at radius 1 is 1.80 bits per heavy atom. The molecule has 0 amide bonds. The maximum Gasteiger partial charge on any atom is 0.0808 e. The van der Waals surface area contributed by atoms with Gasteiger partial charge >= 0.3 is 0 Å². The molecule has 0 saturated carbocycles. The molecule has 1 aromatic rings. The lowest BCUT2D eigenvalue weighted by Gasteiger charge is -1.79. The summed E-state index contributed by atoms with van der Waals surface area (Å²) < 4.78 is 1.00. The van der Waals surface area contributed by atoms with Crippen LogP contribution in [-0.4, -0.2) is 4.98 Å². The molecule has 0 radical (unpaired) electrons. The first-order chi connectivity index (χ1) is 4.70. The summed E-state index contributed by atoms with van der Waals surface area (Å²) in [7, 11) is 0. The zero-order valence-corrected chi connectivity index (χ0v) is 6.74. The summed E-state index contributed by atoms with van der Waals surface area (Å²) in [4.78, 5) is 4.10. The number of allylic oxidation sites excluding steroid dienone is 1. The summed E-state index contributed by atoms with van der Waals surface area (Å²) in [5.74, 6) is 0. The first kappa shape index (κ1) is 7.22. The molecule has 1 aromatic heterocycles. The second-order valence-electron chi connectivity index (χ2n) is 2.15. The minimum Gasteiger partial charge on any atom is -0.245 e. The molecule has 0 bridgehead atoms. The Hall–Kier alpha value is -0.890. The van der Waals surface area contributed by atoms with Crippen molar-refractivity contribution in [2.45, 2.75) is 6.92 Å². The lowest BCUT2D eigenvalue weighted by molar-refractivity contribution is 1.31. The van der Waals surface area contributed by atoms with Crippen molar-refractivity contribution in [2.24, 2.45) is 0 Å². The van der Waals surface area contributed by atoms with Crippen LogP contribution in [0.25, 0.3) is 12.7 Å². The second-order valence-corrected chi connectivity index (χ2v) is 3.09. The quantitative estimate of drug-likeness (QED) is 0.581. The molecule has 0 spiro atoms. The number of rotatable bonds is 1. The van der Waals surface area contributed by atoms with Crippen molar-refractivity contribution in [1.29, 1.82) is 0 Å². The Morgan fingerprint density at radius 3 is 2.90 bits per heavy atom. The van der Waals surface area contributed by atoms with E-state index in [9.17, 15) is 0 Å². The van der Waals surface area contributed by atoms with Crippen molar-refractivity contribution in [3.05, 3.63) is 27.5 Å². The van der Waals surface area contributed by atoms with Crippen molar-refractivity contribution in [3.8, 4) is 0 Å². The molecule has 0 N–H and O–H groups in total. The van der Waals surface area contributed by atoms with Gasteiger partial charge in [-0.3, -0.25) is 0 Å². The Kier molecular flexibility index (Phi) is 2.02. The maximum atomic E-state index is 4.10. The Morgan fingerprint density at radius 2 is 2.50 bits per heavy atom. The molecular weight excluding hydrogens is 142 g/mol. The lowest BCUT2D eigenvalue weighted by Crippen LogP contribution is -2.18. The minimum atomic E-state index is 0.942. The van der Waals surface area contributed by atoms with E-state index in [0.717, 1.165) is 15.5 Å². The first-order valence-electron chi connectivity index (χ1n) is 2.96. The van der Waals surface area contributed by atoms with Crippen LogP contribution < -0.4 is 9.88 Å². The summed E-state index contributed by atoms with van der Waals surface area (Å²) in [5, 5.41) is 0.942. The van der Waals surface area contributed by atoms with Crippen molar-refractivity contribution in [2.75, 3.05) is 0 Å². The van der Waals surface area contributed by atoms with Gasteiger partial charge in [-0.2, -0.15) is 0 Å². The van der Waals surface area contributed by atoms with E-state index in [-0.39, 0.29) is 0 Å². The van der Waals surface area contributed by atoms with Gasteiger partial charge in [-0.25, -0.2) is 4.98 Å². The van der Waals surface area contributed by atoms with Gasteiger partial charge in [0.05, 0.1) is 10.9 Å². The fraction of sp³-hybridized carbons (Fsp3) is 0.125. The van der Waals surface area contributed by atoms with Crippen LogP contribution in [0.1, 0.15) is 6.92 Å². The molecule has 0 aliphatic carbocycles. The van der Waals surface area contributed by atoms with Gasteiger partial charge in [0, 0.05) is 4.53 Å². The third kappa shape index (κ3) is 1.54. The highest BCUT2D eigenvalue weighted by Gasteiger charge is 1.83. The number of hydrogen-bond donors (Lipinski definition) is 0. The molecule has 1 rings (SSSR count). The molecule has 1 nitrogen and oxygen atoms in total. The van der Waals surface area contributed by atoms with Crippen molar-refractivity contribution in [3.63, 3.8) is 0 Å². The zero-order chi connectivity index (χ0) is 7.56. The van der Waals surface area contributed by atoms with E-state index in [4.69, 9.17) is 0 Å². The molecule has 0 aliphatic rings. The van der Waals surface area contributed by atoms with Gasteiger partial charge in [0.2, 0.25) is 0 Å². The van der Waals surface area contributed by atoms with E-state index in [0.29, 0.717) is 0 Å². The molecule has 0 atom stereocenters. The molecule has 1 heterocycles. The van der Waals surface area contributed by atoms with Crippen LogP contribution in [0.4, 0.5) is 0 Å². The van der Waals surface area contributed by atoms with E-state index in [1.807, 2.05) is 13.0 Å². The Bertz CT molecular complexity index is 334. The van der Waals surface area contributed by atoms with Crippen LogP contribution in [0.5, 0.6) is 0 Å². The minimum absolute atomic E-state index is 0.942. The maximum absolute atomic E-state index is 4.10. The van der Waals surface area contributed by atoms with E-state index < -0.39 is 0 Å². The molecule has 0 fully saturated rings. The Balaban J connectivity index is 3.29. The van der Waals surface area contributed by atoms with E-state index in [1.165, 1.54) is 0 Å². The number of nitrogens with zero attached hydrogens (tertiary/aromatic N) is 1. The normalized spacial score (nSPS) is 11.9. The van der Waals surface area contributed by atoms with Crippen LogP contribution in [0.15, 0.2) is 17.7 Å². The third-order valence-corrected chi connectivity index (χ3v) is 1.76. The third-order valence-electron chi connectivity index (χ3n) is 1.06. The average Bonchev–Trinajstić information content (AvgIpc) is 2.15. The van der Waals surface area contributed by atoms with E-state index >= 15 is 0 Å². The van der Waals surface area contributed by atoms with Gasteiger partial charge in [-0.05, 0) is 13.0 Å². The molecule has 2 heteroatoms. The van der Waals surface area contributed by atoms with Crippen LogP contribution >= 0.6 is 11.3 Å². The van der Waals surface area contributed by atoms with Crippen LogP contribution in [0.2, 0.25) is 0 Å². The smallest absolute Gasteiger partial charge is 0.0808 e. The molecule has 0 saturated heterocycles. The first-order valence-corrected chi connectivity index (χ1v) is 3.84. The summed E-state index contributed by atoms with van der Waals surface area (Å²) in [6.45, 7) is 9.51.